The van der Waals surface area contributed by atoms with Crippen molar-refractivity contribution in [3.8, 4) is 0 Å². The van der Waals surface area contributed by atoms with Crippen LogP contribution in [0.5, 0.6) is 0 Å². The minimum atomic E-state index is -3.55. The number of aliphatic hydroxyl groups is 1. The van der Waals surface area contributed by atoms with Gasteiger partial charge in [0.15, 0.2) is 0 Å². The van der Waals surface area contributed by atoms with Crippen LogP contribution in [0.1, 0.15) is 25.7 Å². The summed E-state index contributed by atoms with van der Waals surface area (Å²) >= 11 is 5.78. The van der Waals surface area contributed by atoms with Crippen LogP contribution in [0, 0.1) is 0 Å². The molecule has 1 N–H and O–H groups in total. The van der Waals surface area contributed by atoms with Crippen LogP contribution in [0.4, 0.5) is 0 Å². The van der Waals surface area contributed by atoms with Gasteiger partial charge in [-0.2, -0.15) is 4.31 Å². The Labute approximate surface area is 119 Å². The van der Waals surface area contributed by atoms with Gasteiger partial charge >= 0.3 is 0 Å². The van der Waals surface area contributed by atoms with Crippen molar-refractivity contribution >= 4 is 21.6 Å². The maximum Gasteiger partial charge on any atom is 0.243 e. The van der Waals surface area contributed by atoms with Crippen LogP contribution in [0.15, 0.2) is 29.2 Å². The van der Waals surface area contributed by atoms with Crippen molar-refractivity contribution in [1.82, 2.24) is 4.31 Å². The van der Waals surface area contributed by atoms with Crippen molar-refractivity contribution in [3.05, 3.63) is 29.3 Å². The summed E-state index contributed by atoms with van der Waals surface area (Å²) < 4.78 is 26.6. The van der Waals surface area contributed by atoms with Gasteiger partial charge in [0.25, 0.3) is 0 Å². The molecule has 1 fully saturated rings. The largest absolute Gasteiger partial charge is 0.395 e. The van der Waals surface area contributed by atoms with Gasteiger partial charge < -0.3 is 5.11 Å². The van der Waals surface area contributed by atoms with E-state index in [4.69, 9.17) is 11.6 Å². The number of benzene rings is 1. The summed E-state index contributed by atoms with van der Waals surface area (Å²) in [6.07, 6.45) is 3.51. The molecule has 2 rings (SSSR count). The maximum atomic E-state index is 12.6. The van der Waals surface area contributed by atoms with Crippen LogP contribution in [-0.2, 0) is 10.0 Å². The second-order valence-electron chi connectivity index (χ2n) is 4.76. The number of hydrogen-bond donors (Lipinski definition) is 1. The lowest BCUT2D eigenvalue weighted by molar-refractivity contribution is 0.186. The van der Waals surface area contributed by atoms with Crippen LogP contribution in [-0.4, -0.2) is 37.0 Å². The van der Waals surface area contributed by atoms with Crippen molar-refractivity contribution < 1.29 is 13.5 Å². The zero-order valence-electron chi connectivity index (χ0n) is 10.6. The molecule has 1 aromatic rings. The average molecular weight is 304 g/mol. The first kappa shape index (κ1) is 14.8. The van der Waals surface area contributed by atoms with E-state index >= 15 is 0 Å². The van der Waals surface area contributed by atoms with Crippen LogP contribution >= 0.6 is 11.6 Å². The molecule has 0 amide bonds. The molecule has 0 aromatic heterocycles. The zero-order chi connectivity index (χ0) is 13.9. The molecule has 1 unspecified atom stereocenters. The SMILES string of the molecule is O=S(=O)(c1ccc(Cl)cc1)N1CCCCCC1CO. The summed E-state index contributed by atoms with van der Waals surface area (Å²) in [7, 11) is -3.55. The molecule has 0 saturated carbocycles. The van der Waals surface area contributed by atoms with Crippen molar-refractivity contribution in [3.63, 3.8) is 0 Å². The van der Waals surface area contributed by atoms with E-state index in [9.17, 15) is 13.5 Å². The van der Waals surface area contributed by atoms with Crippen molar-refractivity contribution in [2.45, 2.75) is 36.6 Å². The summed E-state index contributed by atoms with van der Waals surface area (Å²) in [5.41, 5.74) is 0. The van der Waals surface area contributed by atoms with Crippen LogP contribution in [0.25, 0.3) is 0 Å². The first-order chi connectivity index (χ1) is 9.05. The van der Waals surface area contributed by atoms with Gasteiger partial charge in [0.05, 0.1) is 11.5 Å². The fraction of sp³-hybridized carbons (Fsp3) is 0.538. The van der Waals surface area contributed by atoms with Gasteiger partial charge in [0.1, 0.15) is 0 Å². The minimum Gasteiger partial charge on any atom is -0.395 e. The van der Waals surface area contributed by atoms with E-state index in [0.717, 1.165) is 19.3 Å². The Balaban J connectivity index is 2.33. The van der Waals surface area contributed by atoms with Crippen LogP contribution in [0.3, 0.4) is 0 Å². The number of aliphatic hydroxyl groups excluding tert-OH is 1. The van der Waals surface area contributed by atoms with E-state index in [1.165, 1.54) is 16.4 Å². The Hall–Kier alpha value is -0.620. The number of sulfonamides is 1. The Bertz CT molecular complexity index is 515. The lowest BCUT2D eigenvalue weighted by Crippen LogP contribution is -2.41. The molecule has 0 radical (unpaired) electrons. The summed E-state index contributed by atoms with van der Waals surface area (Å²) in [5.74, 6) is 0. The van der Waals surface area contributed by atoms with E-state index in [1.807, 2.05) is 0 Å². The first-order valence-corrected chi connectivity index (χ1v) is 8.26. The second-order valence-corrected chi connectivity index (χ2v) is 7.08. The maximum absolute atomic E-state index is 12.6. The number of rotatable bonds is 3. The lowest BCUT2D eigenvalue weighted by Gasteiger charge is -2.27. The summed E-state index contributed by atoms with van der Waals surface area (Å²) in [5, 5.41) is 9.92. The molecule has 0 spiro atoms. The Morgan fingerprint density at radius 3 is 2.53 bits per heavy atom. The Morgan fingerprint density at radius 1 is 1.21 bits per heavy atom. The number of hydrogen-bond acceptors (Lipinski definition) is 3. The highest BCUT2D eigenvalue weighted by molar-refractivity contribution is 7.89. The molecule has 4 nitrogen and oxygen atoms in total. The smallest absolute Gasteiger partial charge is 0.243 e. The fourth-order valence-electron chi connectivity index (χ4n) is 2.39. The third-order valence-electron chi connectivity index (χ3n) is 3.45. The summed E-state index contributed by atoms with van der Waals surface area (Å²) in [6.45, 7) is 0.336. The molecule has 0 bridgehead atoms. The van der Waals surface area contributed by atoms with Gasteiger partial charge in [-0.3, -0.25) is 0 Å². The number of halogens is 1. The molecule has 19 heavy (non-hydrogen) atoms. The van der Waals surface area contributed by atoms with E-state index < -0.39 is 10.0 Å². The first-order valence-electron chi connectivity index (χ1n) is 6.44. The van der Waals surface area contributed by atoms with Crippen LogP contribution in [0.2, 0.25) is 5.02 Å². The molecular formula is C13H18ClNO3S. The minimum absolute atomic E-state index is 0.132. The molecule has 0 aliphatic carbocycles. The van der Waals surface area contributed by atoms with Crippen molar-refractivity contribution in [2.24, 2.45) is 0 Å². The predicted octanol–water partition coefficient (Wildman–Crippen LogP) is 2.27. The Morgan fingerprint density at radius 2 is 1.89 bits per heavy atom. The second kappa shape index (κ2) is 6.22. The molecule has 1 atom stereocenters. The Kier molecular flexibility index (Phi) is 4.84. The van der Waals surface area contributed by atoms with Crippen LogP contribution < -0.4 is 0 Å². The summed E-state index contributed by atoms with van der Waals surface area (Å²) in [4.78, 5) is 0.234. The monoisotopic (exact) mass is 303 g/mol. The van der Waals surface area contributed by atoms with E-state index in [2.05, 4.69) is 0 Å². The van der Waals surface area contributed by atoms with Gasteiger partial charge in [0, 0.05) is 17.6 Å². The highest BCUT2D eigenvalue weighted by atomic mass is 35.5. The highest BCUT2D eigenvalue weighted by Crippen LogP contribution is 2.25. The van der Waals surface area contributed by atoms with Gasteiger partial charge in [0.2, 0.25) is 10.0 Å². The van der Waals surface area contributed by atoms with Gasteiger partial charge in [-0.05, 0) is 37.1 Å². The normalized spacial score (nSPS) is 22.1. The third kappa shape index (κ3) is 3.28. The summed E-state index contributed by atoms with van der Waals surface area (Å²) in [6, 6.07) is 5.84. The topological polar surface area (TPSA) is 57.6 Å². The molecule has 1 heterocycles. The van der Waals surface area contributed by atoms with Gasteiger partial charge in [-0.15, -0.1) is 0 Å². The van der Waals surface area contributed by atoms with E-state index in [0.29, 0.717) is 18.0 Å². The standard InChI is InChI=1S/C13H18ClNO3S/c14-11-5-7-13(8-6-11)19(17,18)15-9-3-1-2-4-12(15)10-16/h5-8,12,16H,1-4,9-10H2. The molecule has 6 heteroatoms. The molecule has 1 aliphatic heterocycles. The predicted molar refractivity (Wildman–Crippen MR) is 74.7 cm³/mol. The molecule has 1 aromatic carbocycles. The highest BCUT2D eigenvalue weighted by Gasteiger charge is 2.31. The lowest BCUT2D eigenvalue weighted by atomic mass is 10.1. The molecule has 1 aliphatic rings. The molecular weight excluding hydrogens is 286 g/mol. The zero-order valence-corrected chi connectivity index (χ0v) is 12.2. The molecule has 1 saturated heterocycles. The van der Waals surface area contributed by atoms with Crippen molar-refractivity contribution in [2.75, 3.05) is 13.2 Å². The fourth-order valence-corrected chi connectivity index (χ4v) is 4.20. The third-order valence-corrected chi connectivity index (χ3v) is 5.67. The van der Waals surface area contributed by atoms with E-state index in [1.54, 1.807) is 12.1 Å². The van der Waals surface area contributed by atoms with Crippen molar-refractivity contribution in [1.29, 1.82) is 0 Å². The quantitative estimate of drug-likeness (QED) is 0.932. The average Bonchev–Trinajstić information content (AvgIpc) is 2.64. The molecule has 106 valence electrons. The van der Waals surface area contributed by atoms with Gasteiger partial charge in [-0.25, -0.2) is 8.42 Å². The number of nitrogens with zero attached hydrogens (tertiary/aromatic N) is 1. The van der Waals surface area contributed by atoms with Gasteiger partial charge in [-0.1, -0.05) is 24.4 Å². The van der Waals surface area contributed by atoms with E-state index in [-0.39, 0.29) is 17.5 Å².